The molecule has 0 bridgehead atoms. The molecule has 0 unspecified atom stereocenters. The molecule has 0 amide bonds. The molecule has 1 nitrogen and oxygen atoms in total. The van der Waals surface area contributed by atoms with Crippen LogP contribution in [-0.4, -0.2) is 4.98 Å². The highest BCUT2D eigenvalue weighted by atomic mass is 32.1. The number of aryl methyl sites for hydroxylation is 1. The van der Waals surface area contributed by atoms with Crippen LogP contribution >= 0.6 is 12.6 Å². The molecule has 0 saturated heterocycles. The second kappa shape index (κ2) is 5.30. The van der Waals surface area contributed by atoms with Gasteiger partial charge in [-0.1, -0.05) is 13.8 Å². The van der Waals surface area contributed by atoms with Crippen LogP contribution in [0.3, 0.4) is 0 Å². The van der Waals surface area contributed by atoms with Crippen LogP contribution in [0.25, 0.3) is 0 Å². The molecule has 1 aromatic heterocycles. The minimum absolute atomic E-state index is 0.951. The third-order valence-electron chi connectivity index (χ3n) is 0.979. The van der Waals surface area contributed by atoms with Gasteiger partial charge in [-0.3, -0.25) is 4.98 Å². The first-order chi connectivity index (χ1) is 4.80. The van der Waals surface area contributed by atoms with Gasteiger partial charge in [0.25, 0.3) is 0 Å². The first-order valence-electron chi connectivity index (χ1n) is 3.41. The number of nitrogens with zero attached hydrogens (tertiary/aromatic N) is 1. The molecule has 2 heteroatoms. The molecule has 1 aromatic rings. The Labute approximate surface area is 67.9 Å². The normalized spacial score (nSPS) is 8.00. The third-order valence-corrected chi connectivity index (χ3v) is 1.45. The van der Waals surface area contributed by atoms with Gasteiger partial charge < -0.3 is 0 Å². The Morgan fingerprint density at radius 3 is 2.30 bits per heavy atom. The molecule has 0 aromatic carbocycles. The fourth-order valence-electron chi connectivity index (χ4n) is 0.476. The van der Waals surface area contributed by atoms with Crippen LogP contribution in [0.1, 0.15) is 19.5 Å². The zero-order valence-electron chi connectivity index (χ0n) is 6.63. The van der Waals surface area contributed by atoms with Crippen molar-refractivity contribution in [3.05, 3.63) is 24.0 Å². The van der Waals surface area contributed by atoms with Crippen molar-refractivity contribution in [2.75, 3.05) is 0 Å². The number of aromatic nitrogens is 1. The second-order valence-corrected chi connectivity index (χ2v) is 2.09. The van der Waals surface area contributed by atoms with Crippen LogP contribution in [0.2, 0.25) is 0 Å². The number of rotatable bonds is 0. The third kappa shape index (κ3) is 2.87. The van der Waals surface area contributed by atoms with E-state index in [1.165, 1.54) is 0 Å². The molecule has 0 radical (unpaired) electrons. The molecule has 56 valence electrons. The van der Waals surface area contributed by atoms with Gasteiger partial charge in [-0.05, 0) is 19.1 Å². The molecule has 10 heavy (non-hydrogen) atoms. The highest BCUT2D eigenvalue weighted by Gasteiger charge is 1.86. The van der Waals surface area contributed by atoms with Crippen molar-refractivity contribution in [1.29, 1.82) is 0 Å². The van der Waals surface area contributed by atoms with E-state index in [1.54, 1.807) is 6.20 Å². The average Bonchev–Trinajstić information content (AvgIpc) is 2.00. The number of thiol groups is 1. The van der Waals surface area contributed by atoms with Crippen LogP contribution in [0.15, 0.2) is 23.2 Å². The smallest absolute Gasteiger partial charge is 0.0505 e. The molecule has 1 rings (SSSR count). The van der Waals surface area contributed by atoms with E-state index < -0.39 is 0 Å². The lowest BCUT2D eigenvalue weighted by Crippen LogP contribution is -1.78. The summed E-state index contributed by atoms with van der Waals surface area (Å²) in [5.74, 6) is 0. The fourth-order valence-corrected chi connectivity index (χ4v) is 0.620. The lowest BCUT2D eigenvalue weighted by molar-refractivity contribution is 1.12. The Morgan fingerprint density at radius 2 is 2.00 bits per heavy atom. The summed E-state index contributed by atoms with van der Waals surface area (Å²) in [4.78, 5) is 4.95. The molecular weight excluding hydrogens is 142 g/mol. The van der Waals surface area contributed by atoms with Crippen LogP contribution in [0.4, 0.5) is 0 Å². The first kappa shape index (κ1) is 9.50. The van der Waals surface area contributed by atoms with Gasteiger partial charge in [-0.25, -0.2) is 0 Å². The molecule has 0 aliphatic carbocycles. The van der Waals surface area contributed by atoms with Crippen molar-refractivity contribution in [2.24, 2.45) is 0 Å². The summed E-state index contributed by atoms with van der Waals surface area (Å²) >= 11 is 4.14. The highest BCUT2D eigenvalue weighted by molar-refractivity contribution is 7.80. The van der Waals surface area contributed by atoms with E-state index in [0.717, 1.165) is 10.6 Å². The van der Waals surface area contributed by atoms with E-state index in [-0.39, 0.29) is 0 Å². The van der Waals surface area contributed by atoms with Gasteiger partial charge in [0.2, 0.25) is 0 Å². The zero-order chi connectivity index (χ0) is 7.98. The lowest BCUT2D eigenvalue weighted by atomic mass is 10.4. The summed E-state index contributed by atoms with van der Waals surface area (Å²) in [7, 11) is 0. The molecule has 0 saturated carbocycles. The molecule has 0 spiro atoms. The SMILES string of the molecule is CC.Cc1ncccc1S. The zero-order valence-corrected chi connectivity index (χ0v) is 7.52. The minimum atomic E-state index is 0.951. The van der Waals surface area contributed by atoms with Crippen molar-refractivity contribution >= 4 is 12.6 Å². The maximum Gasteiger partial charge on any atom is 0.0505 e. The molecule has 1 heterocycles. The van der Waals surface area contributed by atoms with Crippen molar-refractivity contribution in [2.45, 2.75) is 25.7 Å². The van der Waals surface area contributed by atoms with Gasteiger partial charge in [0.05, 0.1) is 5.69 Å². The predicted octanol–water partition coefficient (Wildman–Crippen LogP) is 2.70. The van der Waals surface area contributed by atoms with Gasteiger partial charge in [-0.2, -0.15) is 0 Å². The molecule has 0 fully saturated rings. The standard InChI is InChI=1S/C6H7NS.C2H6/c1-5-6(8)3-2-4-7-5;1-2/h2-4,8H,1H3;1-2H3. The maximum absolute atomic E-state index is 4.14. The molecule has 0 N–H and O–H groups in total. The van der Waals surface area contributed by atoms with E-state index in [2.05, 4.69) is 17.6 Å². The fraction of sp³-hybridized carbons (Fsp3) is 0.375. The average molecular weight is 155 g/mol. The topological polar surface area (TPSA) is 12.9 Å². The van der Waals surface area contributed by atoms with E-state index in [1.807, 2.05) is 32.9 Å². The molecular formula is C8H13NS. The van der Waals surface area contributed by atoms with Gasteiger partial charge in [0.1, 0.15) is 0 Å². The van der Waals surface area contributed by atoms with Crippen LogP contribution in [0, 0.1) is 6.92 Å². The summed E-state index contributed by atoms with van der Waals surface area (Å²) in [6.45, 7) is 5.93. The Kier molecular flexibility index (Phi) is 5.03. The Morgan fingerprint density at radius 1 is 1.40 bits per heavy atom. The van der Waals surface area contributed by atoms with E-state index in [0.29, 0.717) is 0 Å². The van der Waals surface area contributed by atoms with Crippen LogP contribution in [0.5, 0.6) is 0 Å². The second-order valence-electron chi connectivity index (χ2n) is 1.61. The maximum atomic E-state index is 4.14. The van der Waals surface area contributed by atoms with Gasteiger partial charge in [0.15, 0.2) is 0 Å². The Balaban J connectivity index is 0.000000371. The molecule has 0 aliphatic heterocycles. The largest absolute Gasteiger partial charge is 0.260 e. The van der Waals surface area contributed by atoms with Crippen LogP contribution in [-0.2, 0) is 0 Å². The quantitative estimate of drug-likeness (QED) is 0.568. The van der Waals surface area contributed by atoms with Crippen molar-refractivity contribution < 1.29 is 0 Å². The summed E-state index contributed by atoms with van der Waals surface area (Å²) < 4.78 is 0. The highest BCUT2D eigenvalue weighted by Crippen LogP contribution is 2.06. The molecule has 0 atom stereocenters. The Hall–Kier alpha value is -0.500. The lowest BCUT2D eigenvalue weighted by Gasteiger charge is -1.91. The summed E-state index contributed by atoms with van der Waals surface area (Å²) in [5.41, 5.74) is 0.982. The van der Waals surface area contributed by atoms with E-state index in [4.69, 9.17) is 0 Å². The number of pyridine rings is 1. The van der Waals surface area contributed by atoms with Crippen molar-refractivity contribution in [3.8, 4) is 0 Å². The summed E-state index contributed by atoms with van der Waals surface area (Å²) in [5, 5.41) is 0. The molecule has 0 aliphatic rings. The summed E-state index contributed by atoms with van der Waals surface area (Å²) in [6.07, 6.45) is 1.76. The predicted molar refractivity (Wildman–Crippen MR) is 47.6 cm³/mol. The number of hydrogen-bond donors (Lipinski definition) is 1. The minimum Gasteiger partial charge on any atom is -0.260 e. The van der Waals surface area contributed by atoms with Crippen LogP contribution < -0.4 is 0 Å². The van der Waals surface area contributed by atoms with Gasteiger partial charge in [-0.15, -0.1) is 12.6 Å². The van der Waals surface area contributed by atoms with Gasteiger partial charge in [0, 0.05) is 11.1 Å². The van der Waals surface area contributed by atoms with E-state index in [9.17, 15) is 0 Å². The van der Waals surface area contributed by atoms with Crippen molar-refractivity contribution in [1.82, 2.24) is 4.98 Å². The van der Waals surface area contributed by atoms with Gasteiger partial charge >= 0.3 is 0 Å². The van der Waals surface area contributed by atoms with Crippen molar-refractivity contribution in [3.63, 3.8) is 0 Å². The first-order valence-corrected chi connectivity index (χ1v) is 3.86. The van der Waals surface area contributed by atoms with E-state index >= 15 is 0 Å². The Bertz CT molecular complexity index is 165. The summed E-state index contributed by atoms with van der Waals surface area (Å²) in [6, 6.07) is 3.79. The number of hydrogen-bond acceptors (Lipinski definition) is 2. The monoisotopic (exact) mass is 155 g/mol.